The number of guanidine groups is 1. The largest absolute Gasteiger partial charge is 0.349 e. The molecule has 0 radical (unpaired) electrons. The number of aryl methyl sites for hydroxylation is 1. The fraction of sp³-hybridized carbons (Fsp3) is 0.714. The lowest BCUT2D eigenvalue weighted by atomic mass is 10.6. The molecule has 0 bridgehead atoms. The minimum Gasteiger partial charge on any atom is -0.349 e. The topological polar surface area (TPSA) is 71.2 Å². The SMILES string of the molecule is CN1CCN=C1NCc1nnn(C)n1. The summed E-state index contributed by atoms with van der Waals surface area (Å²) in [4.78, 5) is 7.79. The minimum absolute atomic E-state index is 0.566. The number of hydrogen-bond acceptors (Lipinski definition) is 6. The van der Waals surface area contributed by atoms with Gasteiger partial charge < -0.3 is 10.2 Å². The minimum atomic E-state index is 0.566. The molecular formula is C7H13N7. The van der Waals surface area contributed by atoms with E-state index in [0.29, 0.717) is 12.4 Å². The van der Waals surface area contributed by atoms with E-state index < -0.39 is 0 Å². The lowest BCUT2D eigenvalue weighted by Crippen LogP contribution is -2.35. The number of tetrazole rings is 1. The summed E-state index contributed by atoms with van der Waals surface area (Å²) in [6, 6.07) is 0. The Kier molecular flexibility index (Phi) is 2.30. The van der Waals surface area contributed by atoms with Crippen molar-refractivity contribution in [2.45, 2.75) is 6.54 Å². The van der Waals surface area contributed by atoms with E-state index in [-0.39, 0.29) is 0 Å². The second-order valence-corrected chi connectivity index (χ2v) is 3.18. The second kappa shape index (κ2) is 3.60. The summed E-state index contributed by atoms with van der Waals surface area (Å²) in [7, 11) is 3.75. The van der Waals surface area contributed by atoms with Gasteiger partial charge in [-0.25, -0.2) is 0 Å². The molecule has 0 unspecified atom stereocenters. The van der Waals surface area contributed by atoms with Crippen molar-refractivity contribution < 1.29 is 0 Å². The molecule has 14 heavy (non-hydrogen) atoms. The summed E-state index contributed by atoms with van der Waals surface area (Å²) in [6.07, 6.45) is 0. The molecule has 1 aliphatic rings. The molecule has 1 aromatic heterocycles. The summed E-state index contributed by atoms with van der Waals surface area (Å²) in [6.45, 7) is 2.39. The van der Waals surface area contributed by atoms with Crippen molar-refractivity contribution in [3.05, 3.63) is 5.82 Å². The van der Waals surface area contributed by atoms with Crippen LogP contribution in [0.2, 0.25) is 0 Å². The zero-order valence-corrected chi connectivity index (χ0v) is 8.30. The zero-order valence-electron chi connectivity index (χ0n) is 8.30. The van der Waals surface area contributed by atoms with Crippen LogP contribution in [0.4, 0.5) is 0 Å². The molecule has 0 saturated carbocycles. The third-order valence-electron chi connectivity index (χ3n) is 2.01. The van der Waals surface area contributed by atoms with E-state index in [1.54, 1.807) is 7.05 Å². The van der Waals surface area contributed by atoms with Gasteiger partial charge in [0.25, 0.3) is 0 Å². The summed E-state index contributed by atoms with van der Waals surface area (Å²) < 4.78 is 0. The highest BCUT2D eigenvalue weighted by Gasteiger charge is 2.12. The first-order valence-corrected chi connectivity index (χ1v) is 4.48. The summed E-state index contributed by atoms with van der Waals surface area (Å²) >= 11 is 0. The van der Waals surface area contributed by atoms with Crippen LogP contribution in [0.15, 0.2) is 4.99 Å². The molecule has 76 valence electrons. The Hall–Kier alpha value is -1.66. The number of nitrogens with one attached hydrogen (secondary N) is 1. The van der Waals surface area contributed by atoms with Crippen molar-refractivity contribution in [2.75, 3.05) is 20.1 Å². The van der Waals surface area contributed by atoms with Gasteiger partial charge in [-0.05, 0) is 5.21 Å². The molecule has 1 aliphatic heterocycles. The second-order valence-electron chi connectivity index (χ2n) is 3.18. The first-order valence-electron chi connectivity index (χ1n) is 4.48. The molecule has 1 aromatic rings. The smallest absolute Gasteiger partial charge is 0.194 e. The molecule has 0 aromatic carbocycles. The molecular weight excluding hydrogens is 182 g/mol. The molecule has 0 amide bonds. The third kappa shape index (κ3) is 1.81. The highest BCUT2D eigenvalue weighted by molar-refractivity contribution is 5.80. The first-order chi connectivity index (χ1) is 6.75. The number of aliphatic imine (C=N–C) groups is 1. The predicted octanol–water partition coefficient (Wildman–Crippen LogP) is -1.40. The van der Waals surface area contributed by atoms with Crippen LogP contribution in [-0.4, -0.2) is 51.2 Å². The van der Waals surface area contributed by atoms with Crippen LogP contribution in [0.1, 0.15) is 5.82 Å². The third-order valence-corrected chi connectivity index (χ3v) is 2.01. The van der Waals surface area contributed by atoms with Crippen LogP contribution in [-0.2, 0) is 13.6 Å². The Morgan fingerprint density at radius 1 is 1.43 bits per heavy atom. The normalized spacial score (nSPS) is 15.9. The van der Waals surface area contributed by atoms with E-state index in [1.165, 1.54) is 4.80 Å². The molecule has 0 saturated heterocycles. The number of rotatable bonds is 2. The number of likely N-dealkylation sites (N-methyl/N-ethyl adjacent to an activating group) is 1. The van der Waals surface area contributed by atoms with Gasteiger partial charge >= 0.3 is 0 Å². The maximum Gasteiger partial charge on any atom is 0.194 e. The average Bonchev–Trinajstić information content (AvgIpc) is 2.72. The van der Waals surface area contributed by atoms with Crippen molar-refractivity contribution in [1.29, 1.82) is 0 Å². The van der Waals surface area contributed by atoms with E-state index in [0.717, 1.165) is 19.0 Å². The van der Waals surface area contributed by atoms with Gasteiger partial charge in [0, 0.05) is 13.6 Å². The van der Waals surface area contributed by atoms with Gasteiger partial charge in [0.1, 0.15) is 0 Å². The Balaban J connectivity index is 1.88. The van der Waals surface area contributed by atoms with E-state index in [2.05, 4.69) is 30.6 Å². The van der Waals surface area contributed by atoms with E-state index >= 15 is 0 Å². The van der Waals surface area contributed by atoms with Crippen LogP contribution >= 0.6 is 0 Å². The van der Waals surface area contributed by atoms with Gasteiger partial charge in [-0.1, -0.05) is 0 Å². The molecule has 2 rings (SSSR count). The Labute approximate surface area is 81.8 Å². The van der Waals surface area contributed by atoms with Gasteiger partial charge in [-0.2, -0.15) is 4.80 Å². The van der Waals surface area contributed by atoms with Crippen LogP contribution in [0.5, 0.6) is 0 Å². The van der Waals surface area contributed by atoms with E-state index in [1.807, 2.05) is 7.05 Å². The van der Waals surface area contributed by atoms with Crippen molar-refractivity contribution in [3.63, 3.8) is 0 Å². The van der Waals surface area contributed by atoms with Crippen LogP contribution in [0.3, 0.4) is 0 Å². The molecule has 7 nitrogen and oxygen atoms in total. The standard InChI is InChI=1S/C7H13N7/c1-13-4-3-8-7(13)9-5-6-10-12-14(2)11-6/h3-5H2,1-2H3,(H,8,9). The van der Waals surface area contributed by atoms with Gasteiger partial charge in [0.15, 0.2) is 11.8 Å². The van der Waals surface area contributed by atoms with Crippen LogP contribution in [0.25, 0.3) is 0 Å². The van der Waals surface area contributed by atoms with E-state index in [4.69, 9.17) is 0 Å². The fourth-order valence-electron chi connectivity index (χ4n) is 1.28. The highest BCUT2D eigenvalue weighted by Crippen LogP contribution is 1.95. The van der Waals surface area contributed by atoms with Crippen LogP contribution in [0, 0.1) is 0 Å². The zero-order chi connectivity index (χ0) is 9.97. The van der Waals surface area contributed by atoms with Crippen molar-refractivity contribution >= 4 is 5.96 Å². The maximum atomic E-state index is 4.29. The molecule has 0 fully saturated rings. The van der Waals surface area contributed by atoms with Gasteiger partial charge in [-0.3, -0.25) is 4.99 Å². The predicted molar refractivity (Wildman–Crippen MR) is 50.6 cm³/mol. The van der Waals surface area contributed by atoms with Crippen molar-refractivity contribution in [3.8, 4) is 0 Å². The fourth-order valence-corrected chi connectivity index (χ4v) is 1.28. The Bertz CT molecular complexity index is 342. The Morgan fingerprint density at radius 2 is 2.29 bits per heavy atom. The molecule has 1 N–H and O–H groups in total. The summed E-state index contributed by atoms with van der Waals surface area (Å²) in [5, 5.41) is 14.8. The quantitative estimate of drug-likeness (QED) is 0.628. The highest BCUT2D eigenvalue weighted by atomic mass is 15.6. The number of hydrogen-bond donors (Lipinski definition) is 1. The molecule has 2 heterocycles. The lowest BCUT2D eigenvalue weighted by Gasteiger charge is -2.13. The maximum absolute atomic E-state index is 4.29. The lowest BCUT2D eigenvalue weighted by molar-refractivity contribution is 0.532. The van der Waals surface area contributed by atoms with Gasteiger partial charge in [-0.15, -0.1) is 10.2 Å². The van der Waals surface area contributed by atoms with Gasteiger partial charge in [0.05, 0.1) is 20.1 Å². The first kappa shape index (κ1) is 8.92. The molecule has 7 heteroatoms. The number of aromatic nitrogens is 4. The van der Waals surface area contributed by atoms with Crippen LogP contribution < -0.4 is 5.32 Å². The molecule has 0 atom stereocenters. The Morgan fingerprint density at radius 3 is 2.86 bits per heavy atom. The summed E-state index contributed by atoms with van der Waals surface area (Å²) in [5.74, 6) is 1.58. The van der Waals surface area contributed by atoms with Crippen molar-refractivity contribution in [1.82, 2.24) is 30.4 Å². The summed E-state index contributed by atoms with van der Waals surface area (Å²) in [5.41, 5.74) is 0. The van der Waals surface area contributed by atoms with Crippen molar-refractivity contribution in [2.24, 2.45) is 12.0 Å². The van der Waals surface area contributed by atoms with Gasteiger partial charge in [0.2, 0.25) is 0 Å². The average molecular weight is 195 g/mol. The molecule has 0 spiro atoms. The monoisotopic (exact) mass is 195 g/mol. The number of nitrogens with zero attached hydrogens (tertiary/aromatic N) is 6. The molecule has 0 aliphatic carbocycles. The van der Waals surface area contributed by atoms with E-state index in [9.17, 15) is 0 Å².